The third-order valence-electron chi connectivity index (χ3n) is 0.860. The minimum atomic E-state index is 1.02. The predicted molar refractivity (Wildman–Crippen MR) is 45.8 cm³/mol. The predicted octanol–water partition coefficient (Wildman–Crippen LogP) is 3.04. The van der Waals surface area contributed by atoms with E-state index < -0.39 is 0 Å². The highest BCUT2D eigenvalue weighted by Crippen LogP contribution is 2.14. The second-order valence-corrected chi connectivity index (χ2v) is 2.72. The van der Waals surface area contributed by atoms with Crippen LogP contribution in [0.15, 0.2) is 15.4 Å². The van der Waals surface area contributed by atoms with Crippen LogP contribution in [0.4, 0.5) is 0 Å². The number of hydrogen-bond acceptors (Lipinski definition) is 2. The van der Waals surface area contributed by atoms with E-state index in [4.69, 9.17) is 0 Å². The van der Waals surface area contributed by atoms with Gasteiger partial charge in [0.2, 0.25) is 0 Å². The van der Waals surface area contributed by atoms with Crippen LogP contribution in [0, 0.1) is 0 Å². The van der Waals surface area contributed by atoms with Crippen molar-refractivity contribution in [2.45, 2.75) is 27.2 Å². The molecule has 0 aromatic rings. The van der Waals surface area contributed by atoms with Gasteiger partial charge in [0.05, 0.1) is 0 Å². The monoisotopic (exact) mass is 143 g/mol. The number of allylic oxidation sites excluding steroid dienone is 2. The number of rotatable bonds is 3. The Bertz CT molecular complexity index is 116. The first-order valence-corrected chi connectivity index (χ1v) is 3.90. The summed E-state index contributed by atoms with van der Waals surface area (Å²) in [6.45, 7) is 6.15. The molecule has 0 saturated heterocycles. The summed E-state index contributed by atoms with van der Waals surface area (Å²) >= 11 is 1.53. The SMILES string of the molecule is C/C=C(/C)S/N=C\CC. The zero-order chi connectivity index (χ0) is 7.11. The lowest BCUT2D eigenvalue weighted by molar-refractivity contribution is 1.33. The second kappa shape index (κ2) is 5.89. The van der Waals surface area contributed by atoms with Gasteiger partial charge < -0.3 is 0 Å². The zero-order valence-corrected chi connectivity index (χ0v) is 7.03. The fraction of sp³-hybridized carbons (Fsp3) is 0.571. The lowest BCUT2D eigenvalue weighted by Gasteiger charge is -1.88. The first-order chi connectivity index (χ1) is 4.31. The second-order valence-electron chi connectivity index (χ2n) is 1.69. The molecule has 0 aromatic carbocycles. The molecule has 0 aliphatic rings. The molecule has 0 atom stereocenters. The topological polar surface area (TPSA) is 12.4 Å². The molecular formula is C7H13NS. The van der Waals surface area contributed by atoms with Crippen LogP contribution in [0.25, 0.3) is 0 Å². The highest BCUT2D eigenvalue weighted by atomic mass is 32.2. The molecule has 0 aliphatic heterocycles. The summed E-state index contributed by atoms with van der Waals surface area (Å²) in [6, 6.07) is 0. The maximum absolute atomic E-state index is 4.08. The Hall–Kier alpha value is -0.240. The molecule has 0 N–H and O–H groups in total. The summed E-state index contributed by atoms with van der Waals surface area (Å²) < 4.78 is 4.08. The molecule has 0 bridgehead atoms. The largest absolute Gasteiger partial charge is 0.224 e. The van der Waals surface area contributed by atoms with Crippen LogP contribution in [0.1, 0.15) is 27.2 Å². The molecule has 2 heteroatoms. The molecule has 9 heavy (non-hydrogen) atoms. The lowest BCUT2D eigenvalue weighted by Crippen LogP contribution is -1.64. The third kappa shape index (κ3) is 5.63. The maximum Gasteiger partial charge on any atom is 0.0127 e. The van der Waals surface area contributed by atoms with E-state index in [1.54, 1.807) is 0 Å². The first-order valence-electron chi connectivity index (χ1n) is 3.13. The van der Waals surface area contributed by atoms with Gasteiger partial charge in [0.1, 0.15) is 0 Å². The van der Waals surface area contributed by atoms with Crippen LogP contribution in [0.3, 0.4) is 0 Å². The third-order valence-corrected chi connectivity index (χ3v) is 1.64. The molecule has 0 amide bonds. The van der Waals surface area contributed by atoms with Crippen molar-refractivity contribution in [2.75, 3.05) is 0 Å². The summed E-state index contributed by atoms with van der Waals surface area (Å²) in [5.74, 6) is 0. The lowest BCUT2D eigenvalue weighted by atomic mass is 10.6. The van der Waals surface area contributed by atoms with Gasteiger partial charge in [-0.25, -0.2) is 4.40 Å². The van der Waals surface area contributed by atoms with Crippen LogP contribution in [0.5, 0.6) is 0 Å². The van der Waals surface area contributed by atoms with E-state index in [0.717, 1.165) is 6.42 Å². The number of nitrogens with zero attached hydrogens (tertiary/aromatic N) is 1. The molecule has 0 unspecified atom stereocenters. The molecule has 0 rings (SSSR count). The maximum atomic E-state index is 4.08. The molecule has 0 spiro atoms. The Morgan fingerprint density at radius 1 is 1.67 bits per heavy atom. The van der Waals surface area contributed by atoms with Gasteiger partial charge in [-0.15, -0.1) is 0 Å². The van der Waals surface area contributed by atoms with E-state index in [1.807, 2.05) is 13.1 Å². The van der Waals surface area contributed by atoms with E-state index in [9.17, 15) is 0 Å². The van der Waals surface area contributed by atoms with Crippen LogP contribution < -0.4 is 0 Å². The van der Waals surface area contributed by atoms with Crippen molar-refractivity contribution in [2.24, 2.45) is 4.40 Å². The van der Waals surface area contributed by atoms with Gasteiger partial charge in [0.15, 0.2) is 0 Å². The molecule has 0 saturated carbocycles. The fourth-order valence-electron chi connectivity index (χ4n) is 0.248. The van der Waals surface area contributed by atoms with E-state index >= 15 is 0 Å². The minimum Gasteiger partial charge on any atom is -0.224 e. The molecule has 0 heterocycles. The van der Waals surface area contributed by atoms with Crippen molar-refractivity contribution < 1.29 is 0 Å². The Morgan fingerprint density at radius 2 is 2.33 bits per heavy atom. The Morgan fingerprint density at radius 3 is 2.78 bits per heavy atom. The molecule has 0 radical (unpaired) electrons. The Balaban J connectivity index is 3.38. The van der Waals surface area contributed by atoms with Gasteiger partial charge in [-0.05, 0) is 20.3 Å². The molecule has 1 nitrogen and oxygen atoms in total. The highest BCUT2D eigenvalue weighted by Gasteiger charge is 1.80. The zero-order valence-electron chi connectivity index (χ0n) is 6.22. The van der Waals surface area contributed by atoms with E-state index in [0.29, 0.717) is 0 Å². The van der Waals surface area contributed by atoms with Crippen molar-refractivity contribution in [3.05, 3.63) is 11.0 Å². The van der Waals surface area contributed by atoms with Crippen LogP contribution >= 0.6 is 11.9 Å². The van der Waals surface area contributed by atoms with Crippen LogP contribution in [0.2, 0.25) is 0 Å². The van der Waals surface area contributed by atoms with Gasteiger partial charge in [0, 0.05) is 23.1 Å². The Kier molecular flexibility index (Phi) is 5.73. The molecule has 52 valence electrons. The van der Waals surface area contributed by atoms with Crippen molar-refractivity contribution in [1.82, 2.24) is 0 Å². The molecule has 0 fully saturated rings. The molecule has 0 aliphatic carbocycles. The average Bonchev–Trinajstić information content (AvgIpc) is 1.89. The van der Waals surface area contributed by atoms with Gasteiger partial charge >= 0.3 is 0 Å². The summed E-state index contributed by atoms with van der Waals surface area (Å²) in [4.78, 5) is 1.25. The van der Waals surface area contributed by atoms with Crippen LogP contribution in [-0.4, -0.2) is 6.21 Å². The average molecular weight is 143 g/mol. The molecular weight excluding hydrogens is 130 g/mol. The van der Waals surface area contributed by atoms with Crippen LogP contribution in [-0.2, 0) is 0 Å². The van der Waals surface area contributed by atoms with Gasteiger partial charge in [-0.2, -0.15) is 0 Å². The smallest absolute Gasteiger partial charge is 0.0127 e. The summed E-state index contributed by atoms with van der Waals surface area (Å²) in [5.41, 5.74) is 0. The van der Waals surface area contributed by atoms with E-state index in [2.05, 4.69) is 24.3 Å². The minimum absolute atomic E-state index is 1.02. The summed E-state index contributed by atoms with van der Waals surface area (Å²) in [6.07, 6.45) is 4.99. The number of hydrogen-bond donors (Lipinski definition) is 0. The highest BCUT2D eigenvalue weighted by molar-refractivity contribution is 8.01. The molecule has 0 aromatic heterocycles. The normalized spacial score (nSPS) is 13.0. The summed E-state index contributed by atoms with van der Waals surface area (Å²) in [5, 5.41) is 0. The van der Waals surface area contributed by atoms with Crippen molar-refractivity contribution in [1.29, 1.82) is 0 Å². The fourth-order valence-corrected chi connectivity index (χ4v) is 0.743. The van der Waals surface area contributed by atoms with E-state index in [-0.39, 0.29) is 0 Å². The van der Waals surface area contributed by atoms with Crippen molar-refractivity contribution in [3.8, 4) is 0 Å². The standard InChI is InChI=1S/C7H13NS/c1-4-6-8-9-7(3)5-2/h5-6H,4H2,1-3H3/b7-5-,8-6-. The summed E-state index contributed by atoms with van der Waals surface area (Å²) in [7, 11) is 0. The van der Waals surface area contributed by atoms with Crippen molar-refractivity contribution in [3.63, 3.8) is 0 Å². The van der Waals surface area contributed by atoms with Gasteiger partial charge in [-0.1, -0.05) is 13.0 Å². The Labute approximate surface area is 61.4 Å². The van der Waals surface area contributed by atoms with Gasteiger partial charge in [-0.3, -0.25) is 0 Å². The van der Waals surface area contributed by atoms with Crippen molar-refractivity contribution >= 4 is 18.2 Å². The first kappa shape index (κ1) is 8.76. The van der Waals surface area contributed by atoms with E-state index in [1.165, 1.54) is 16.9 Å². The quantitative estimate of drug-likeness (QED) is 0.437. The van der Waals surface area contributed by atoms with Gasteiger partial charge in [0.25, 0.3) is 0 Å².